The van der Waals surface area contributed by atoms with Gasteiger partial charge >= 0.3 is 23.7 Å². The molecule has 0 aliphatic rings. The molecule has 0 aliphatic carbocycles. The van der Waals surface area contributed by atoms with Crippen LogP contribution in [0, 0.1) is 0 Å². The van der Waals surface area contributed by atoms with Gasteiger partial charge in [0.15, 0.2) is 5.60 Å². The van der Waals surface area contributed by atoms with Crippen molar-refractivity contribution in [2.45, 2.75) is 114 Å². The second-order valence-corrected chi connectivity index (χ2v) is 16.0. The molecule has 0 bridgehead atoms. The van der Waals surface area contributed by atoms with Gasteiger partial charge in [0, 0.05) is 67.6 Å². The SMILES string of the molecule is CCCCC(O)(CCCC)C(F)(F)OCCCF.CO[Si](CCCC(O)(F)CCC[Si](OC)(OC)OC)(OC)OC. The third kappa shape index (κ3) is 16.4. The van der Waals surface area contributed by atoms with E-state index in [0.29, 0.717) is 37.8 Å². The molecule has 0 amide bonds. The van der Waals surface area contributed by atoms with Crippen LogP contribution in [0.3, 0.4) is 0 Å². The molecule has 0 aliphatic heterocycles. The summed E-state index contributed by atoms with van der Waals surface area (Å²) in [6.45, 7) is 2.69. The number of aliphatic hydroxyl groups is 2. The Balaban J connectivity index is 0. The molecule has 0 rings (SSSR count). The smallest absolute Gasteiger partial charge is 0.381 e. The highest BCUT2D eigenvalue weighted by Crippen LogP contribution is 2.38. The first-order valence-corrected chi connectivity index (χ1v) is 18.1. The van der Waals surface area contributed by atoms with Gasteiger partial charge in [-0.2, -0.15) is 8.78 Å². The molecular formula is C26H56F4O9Si2. The molecule has 0 radical (unpaired) electrons. The van der Waals surface area contributed by atoms with Gasteiger partial charge in [0.25, 0.3) is 0 Å². The number of halogens is 4. The van der Waals surface area contributed by atoms with Crippen LogP contribution < -0.4 is 0 Å². The van der Waals surface area contributed by atoms with E-state index in [9.17, 15) is 27.8 Å². The molecule has 0 aromatic heterocycles. The van der Waals surface area contributed by atoms with Crippen molar-refractivity contribution in [1.29, 1.82) is 0 Å². The van der Waals surface area contributed by atoms with E-state index in [1.807, 2.05) is 13.8 Å². The predicted octanol–water partition coefficient (Wildman–Crippen LogP) is 6.03. The molecule has 0 fully saturated rings. The average Bonchev–Trinajstić information content (AvgIpc) is 2.96. The Morgan fingerprint density at radius 3 is 1.24 bits per heavy atom. The monoisotopic (exact) mass is 644 g/mol. The third-order valence-electron chi connectivity index (χ3n) is 6.94. The molecule has 0 heterocycles. The molecule has 0 unspecified atom stereocenters. The zero-order valence-corrected chi connectivity index (χ0v) is 28.4. The van der Waals surface area contributed by atoms with Crippen molar-refractivity contribution in [3.8, 4) is 0 Å². The summed E-state index contributed by atoms with van der Waals surface area (Å²) in [6.07, 6.45) is -0.405. The van der Waals surface area contributed by atoms with Crippen LogP contribution in [0.5, 0.6) is 0 Å². The van der Waals surface area contributed by atoms with Gasteiger partial charge in [0.05, 0.1) is 13.3 Å². The molecule has 250 valence electrons. The third-order valence-corrected chi connectivity index (χ3v) is 12.6. The average molecular weight is 645 g/mol. The number of ether oxygens (including phenoxy) is 1. The Bertz CT molecular complexity index is 577. The van der Waals surface area contributed by atoms with Crippen LogP contribution in [-0.4, -0.2) is 101 Å². The second-order valence-electron chi connectivity index (χ2n) is 9.86. The largest absolute Gasteiger partial charge is 0.500 e. The Morgan fingerprint density at radius 1 is 0.585 bits per heavy atom. The lowest BCUT2D eigenvalue weighted by Gasteiger charge is -2.35. The number of unbranched alkanes of at least 4 members (excludes halogenated alkanes) is 2. The van der Waals surface area contributed by atoms with Gasteiger partial charge in [-0.1, -0.05) is 39.5 Å². The number of hydrogen-bond donors (Lipinski definition) is 2. The highest BCUT2D eigenvalue weighted by Gasteiger charge is 2.52. The van der Waals surface area contributed by atoms with Gasteiger partial charge in [-0.25, -0.2) is 4.39 Å². The summed E-state index contributed by atoms with van der Waals surface area (Å²) in [4.78, 5) is 0. The van der Waals surface area contributed by atoms with E-state index in [2.05, 4.69) is 4.74 Å². The number of rotatable bonds is 25. The van der Waals surface area contributed by atoms with Crippen LogP contribution in [0.4, 0.5) is 17.6 Å². The van der Waals surface area contributed by atoms with E-state index in [1.165, 1.54) is 42.7 Å². The maximum absolute atomic E-state index is 14.2. The summed E-state index contributed by atoms with van der Waals surface area (Å²) in [5.41, 5.74) is -2.13. The highest BCUT2D eigenvalue weighted by atomic mass is 28.4. The van der Waals surface area contributed by atoms with Gasteiger partial charge in [0.2, 0.25) is 5.85 Å². The van der Waals surface area contributed by atoms with Crippen molar-refractivity contribution in [2.75, 3.05) is 55.9 Å². The standard InChI is InChI=1S/C13H25F3O2.C13H31FO7Si2/c1-3-5-8-12(17,9-6-4-2)13(15,16)18-11-7-10-14;1-16-22(17-2,18-3)11-7-9-13(14,15)10-8-12-23(19-4,20-5)21-6/h17H,3-11H2,1-2H3;15H,7-12H2,1-6H3. The van der Waals surface area contributed by atoms with Gasteiger partial charge in [-0.3, -0.25) is 4.39 Å². The van der Waals surface area contributed by atoms with Gasteiger partial charge < -0.3 is 41.5 Å². The molecule has 15 heteroatoms. The van der Waals surface area contributed by atoms with E-state index >= 15 is 0 Å². The summed E-state index contributed by atoms with van der Waals surface area (Å²) in [5, 5.41) is 20.0. The topological polar surface area (TPSA) is 105 Å². The molecule has 2 N–H and O–H groups in total. The lowest BCUT2D eigenvalue weighted by atomic mass is 9.89. The van der Waals surface area contributed by atoms with Crippen molar-refractivity contribution in [3.63, 3.8) is 0 Å². The van der Waals surface area contributed by atoms with Crippen molar-refractivity contribution in [1.82, 2.24) is 0 Å². The Hall–Kier alpha value is -0.206. The maximum Gasteiger partial charge on any atom is 0.500 e. The molecule has 41 heavy (non-hydrogen) atoms. The van der Waals surface area contributed by atoms with E-state index in [1.54, 1.807) is 0 Å². The minimum Gasteiger partial charge on any atom is -0.381 e. The van der Waals surface area contributed by atoms with Gasteiger partial charge in [-0.05, 0) is 32.1 Å². The summed E-state index contributed by atoms with van der Waals surface area (Å²) in [5.74, 6) is -2.26. The molecule has 0 saturated carbocycles. The molecule has 9 nitrogen and oxygen atoms in total. The first-order valence-electron chi connectivity index (χ1n) is 14.2. The molecule has 0 aromatic rings. The van der Waals surface area contributed by atoms with Crippen LogP contribution in [0.25, 0.3) is 0 Å². The highest BCUT2D eigenvalue weighted by molar-refractivity contribution is 6.60. The van der Waals surface area contributed by atoms with Crippen LogP contribution in [0.2, 0.25) is 12.1 Å². The first-order chi connectivity index (χ1) is 19.2. The Kier molecular flexibility index (Phi) is 23.4. The molecule has 0 aromatic carbocycles. The summed E-state index contributed by atoms with van der Waals surface area (Å²) in [7, 11) is 3.58. The van der Waals surface area contributed by atoms with Crippen LogP contribution in [0.1, 0.15) is 84.5 Å². The van der Waals surface area contributed by atoms with Crippen LogP contribution >= 0.6 is 0 Å². The first kappa shape index (κ1) is 42.9. The summed E-state index contributed by atoms with van der Waals surface area (Å²) >= 11 is 0. The quantitative estimate of drug-likeness (QED) is 0.0701. The number of alkyl halides is 4. The molecule has 0 saturated heterocycles. The Labute approximate surface area is 246 Å². The normalized spacial score (nSPS) is 13.3. The second kappa shape index (κ2) is 22.3. The van der Waals surface area contributed by atoms with Crippen molar-refractivity contribution < 1.29 is 59.1 Å². The lowest BCUT2D eigenvalue weighted by Crippen LogP contribution is -2.50. The fourth-order valence-corrected chi connectivity index (χ4v) is 7.58. The van der Waals surface area contributed by atoms with E-state index in [4.69, 9.17) is 26.6 Å². The van der Waals surface area contributed by atoms with Crippen LogP contribution in [-0.2, 0) is 31.3 Å². The van der Waals surface area contributed by atoms with Crippen molar-refractivity contribution >= 4 is 17.6 Å². The van der Waals surface area contributed by atoms with Gasteiger partial charge in [-0.15, -0.1) is 0 Å². The fraction of sp³-hybridized carbons (Fsp3) is 1.00. The van der Waals surface area contributed by atoms with Crippen LogP contribution in [0.15, 0.2) is 0 Å². The maximum atomic E-state index is 14.2. The van der Waals surface area contributed by atoms with Gasteiger partial charge in [0.1, 0.15) is 0 Å². The summed E-state index contributed by atoms with van der Waals surface area (Å²) in [6, 6.07) is 0.880. The summed E-state index contributed by atoms with van der Waals surface area (Å²) < 4.78 is 89.8. The minimum absolute atomic E-state index is 0.00608. The van der Waals surface area contributed by atoms with Crippen molar-refractivity contribution in [2.24, 2.45) is 0 Å². The predicted molar refractivity (Wildman–Crippen MR) is 153 cm³/mol. The molecule has 0 spiro atoms. The van der Waals surface area contributed by atoms with E-state index in [0.717, 1.165) is 12.8 Å². The molecule has 0 atom stereocenters. The fourth-order valence-electron chi connectivity index (χ4n) is 4.13. The number of hydrogen-bond acceptors (Lipinski definition) is 9. The zero-order chi connectivity index (χ0) is 32.1. The lowest BCUT2D eigenvalue weighted by molar-refractivity contribution is -0.334. The zero-order valence-electron chi connectivity index (χ0n) is 26.4. The Morgan fingerprint density at radius 2 is 0.951 bits per heavy atom. The minimum atomic E-state index is -3.60. The van der Waals surface area contributed by atoms with E-state index in [-0.39, 0.29) is 38.7 Å². The van der Waals surface area contributed by atoms with E-state index < -0.39 is 41.8 Å². The van der Waals surface area contributed by atoms with Crippen molar-refractivity contribution in [3.05, 3.63) is 0 Å². The molecular weight excluding hydrogens is 588 g/mol.